The van der Waals surface area contributed by atoms with Crippen molar-refractivity contribution in [2.45, 2.75) is 13.0 Å². The molecule has 0 aliphatic heterocycles. The molecule has 1 amide bonds. The number of hydrogen-bond acceptors (Lipinski definition) is 5. The summed E-state index contributed by atoms with van der Waals surface area (Å²) in [5.74, 6) is -0.363. The number of hydrogen-bond donors (Lipinski definition) is 2. The van der Waals surface area contributed by atoms with Crippen LogP contribution in [0.3, 0.4) is 0 Å². The van der Waals surface area contributed by atoms with Gasteiger partial charge in [0.05, 0.1) is 17.6 Å². The van der Waals surface area contributed by atoms with Gasteiger partial charge in [-0.25, -0.2) is 0 Å². The number of amides is 1. The summed E-state index contributed by atoms with van der Waals surface area (Å²) in [6.07, 6.45) is -0.538. The summed E-state index contributed by atoms with van der Waals surface area (Å²) < 4.78 is 0. The van der Waals surface area contributed by atoms with Gasteiger partial charge in [-0.2, -0.15) is 0 Å². The topological polar surface area (TPSA) is 95.7 Å². The molecular formula is C12H17N3O4. The van der Waals surface area contributed by atoms with Gasteiger partial charge >= 0.3 is 0 Å². The van der Waals surface area contributed by atoms with Gasteiger partial charge in [0, 0.05) is 12.6 Å². The van der Waals surface area contributed by atoms with E-state index in [-0.39, 0.29) is 23.8 Å². The lowest BCUT2D eigenvalue weighted by atomic mass is 10.2. The minimum absolute atomic E-state index is 0.0525. The minimum Gasteiger partial charge on any atom is -0.392 e. The van der Waals surface area contributed by atoms with E-state index >= 15 is 0 Å². The molecule has 0 saturated carbocycles. The van der Waals surface area contributed by atoms with E-state index in [2.05, 4.69) is 5.32 Å². The van der Waals surface area contributed by atoms with E-state index in [1.807, 2.05) is 0 Å². The second-order valence-electron chi connectivity index (χ2n) is 4.37. The molecule has 1 unspecified atom stereocenters. The Balaban J connectivity index is 2.65. The molecular weight excluding hydrogens is 250 g/mol. The van der Waals surface area contributed by atoms with Crippen molar-refractivity contribution in [3.8, 4) is 0 Å². The Morgan fingerprint density at radius 2 is 2.16 bits per heavy atom. The average Bonchev–Trinajstić information content (AvgIpc) is 2.27. The maximum atomic E-state index is 11.7. The van der Waals surface area contributed by atoms with E-state index in [0.717, 1.165) is 0 Å². The number of nitro groups is 1. The second-order valence-corrected chi connectivity index (χ2v) is 4.37. The van der Waals surface area contributed by atoms with Gasteiger partial charge in [-0.3, -0.25) is 19.8 Å². The fourth-order valence-corrected chi connectivity index (χ4v) is 1.69. The van der Waals surface area contributed by atoms with Crippen LogP contribution in [0.1, 0.15) is 6.92 Å². The molecule has 7 heteroatoms. The van der Waals surface area contributed by atoms with Crippen molar-refractivity contribution < 1.29 is 14.8 Å². The summed E-state index contributed by atoms with van der Waals surface area (Å²) in [4.78, 5) is 23.6. The van der Waals surface area contributed by atoms with Gasteiger partial charge in [0.2, 0.25) is 5.91 Å². The first kappa shape index (κ1) is 15.1. The normalized spacial score (nSPS) is 12.2. The largest absolute Gasteiger partial charge is 0.392 e. The molecule has 104 valence electrons. The highest BCUT2D eigenvalue weighted by Gasteiger charge is 2.15. The number of benzene rings is 1. The fraction of sp³-hybridized carbons (Fsp3) is 0.417. The Labute approximate surface area is 111 Å². The van der Waals surface area contributed by atoms with Crippen molar-refractivity contribution >= 4 is 17.3 Å². The first-order chi connectivity index (χ1) is 8.90. The predicted molar refractivity (Wildman–Crippen MR) is 70.9 cm³/mol. The van der Waals surface area contributed by atoms with E-state index in [1.54, 1.807) is 24.9 Å². The third-order valence-electron chi connectivity index (χ3n) is 2.36. The van der Waals surface area contributed by atoms with Crippen molar-refractivity contribution in [1.82, 2.24) is 4.90 Å². The highest BCUT2D eigenvalue weighted by molar-refractivity contribution is 5.94. The summed E-state index contributed by atoms with van der Waals surface area (Å²) >= 11 is 0. The lowest BCUT2D eigenvalue weighted by Crippen LogP contribution is -2.34. The zero-order valence-electron chi connectivity index (χ0n) is 10.9. The van der Waals surface area contributed by atoms with Crippen molar-refractivity contribution in [3.05, 3.63) is 34.4 Å². The van der Waals surface area contributed by atoms with Crippen LogP contribution in [-0.4, -0.2) is 47.1 Å². The quantitative estimate of drug-likeness (QED) is 0.588. The third-order valence-corrected chi connectivity index (χ3v) is 2.36. The van der Waals surface area contributed by atoms with Gasteiger partial charge in [0.15, 0.2) is 0 Å². The molecule has 0 aliphatic rings. The van der Waals surface area contributed by atoms with Gasteiger partial charge in [-0.05, 0) is 20.0 Å². The van der Waals surface area contributed by atoms with Gasteiger partial charge in [0.25, 0.3) is 5.69 Å². The van der Waals surface area contributed by atoms with Gasteiger partial charge < -0.3 is 10.4 Å². The van der Waals surface area contributed by atoms with Crippen LogP contribution >= 0.6 is 0 Å². The third kappa shape index (κ3) is 5.02. The molecule has 1 rings (SSSR count). The molecule has 0 fully saturated rings. The molecule has 1 atom stereocenters. The number of aliphatic hydroxyl groups excluding tert-OH is 1. The molecule has 7 nitrogen and oxygen atoms in total. The molecule has 0 saturated heterocycles. The summed E-state index contributed by atoms with van der Waals surface area (Å²) in [5, 5.41) is 22.5. The number of nitro benzene ring substituents is 1. The standard InChI is InChI=1S/C12H17N3O4/c1-9(16)7-14(2)8-12(17)13-10-5-3-4-6-11(10)15(18)19/h3-6,9,16H,7-8H2,1-2H3,(H,13,17). The Morgan fingerprint density at radius 1 is 1.53 bits per heavy atom. The first-order valence-corrected chi connectivity index (χ1v) is 5.80. The van der Waals surface area contributed by atoms with Crippen LogP contribution in [0.5, 0.6) is 0 Å². The maximum Gasteiger partial charge on any atom is 0.292 e. The summed E-state index contributed by atoms with van der Waals surface area (Å²) in [7, 11) is 1.69. The monoisotopic (exact) mass is 267 g/mol. The molecule has 0 bridgehead atoms. The number of nitrogens with zero attached hydrogens (tertiary/aromatic N) is 2. The SMILES string of the molecule is CC(O)CN(C)CC(=O)Nc1ccccc1[N+](=O)[O-]. The number of rotatable bonds is 6. The first-order valence-electron chi connectivity index (χ1n) is 5.80. The van der Waals surface area contributed by atoms with E-state index in [9.17, 15) is 20.0 Å². The van der Waals surface area contributed by atoms with Crippen LogP contribution in [0.15, 0.2) is 24.3 Å². The van der Waals surface area contributed by atoms with Crippen LogP contribution in [0.4, 0.5) is 11.4 Å². The Morgan fingerprint density at radius 3 is 2.74 bits per heavy atom. The molecule has 1 aromatic carbocycles. The molecule has 19 heavy (non-hydrogen) atoms. The van der Waals surface area contributed by atoms with Crippen molar-refractivity contribution in [2.75, 3.05) is 25.5 Å². The predicted octanol–water partition coefficient (Wildman–Crippen LogP) is 0.846. The van der Waals surface area contributed by atoms with Crippen molar-refractivity contribution in [2.24, 2.45) is 0 Å². The van der Waals surface area contributed by atoms with Crippen LogP contribution in [0.25, 0.3) is 0 Å². The number of anilines is 1. The number of likely N-dealkylation sites (N-methyl/N-ethyl adjacent to an activating group) is 1. The molecule has 0 radical (unpaired) electrons. The van der Waals surface area contributed by atoms with Gasteiger partial charge in [-0.1, -0.05) is 12.1 Å². The number of nitrogens with one attached hydrogen (secondary N) is 1. The lowest BCUT2D eigenvalue weighted by Gasteiger charge is -2.17. The maximum absolute atomic E-state index is 11.7. The van der Waals surface area contributed by atoms with Crippen LogP contribution in [0, 0.1) is 10.1 Å². The van der Waals surface area contributed by atoms with Crippen molar-refractivity contribution in [3.63, 3.8) is 0 Å². The molecule has 0 aliphatic carbocycles. The van der Waals surface area contributed by atoms with Crippen LogP contribution in [-0.2, 0) is 4.79 Å². The number of aliphatic hydroxyl groups is 1. The number of para-hydroxylation sites is 2. The Hall–Kier alpha value is -1.99. The van der Waals surface area contributed by atoms with E-state index in [0.29, 0.717) is 6.54 Å². The molecule has 0 spiro atoms. The summed E-state index contributed by atoms with van der Waals surface area (Å²) in [6.45, 7) is 2.03. The number of carbonyl (C=O) groups excluding carboxylic acids is 1. The Bertz CT molecular complexity index is 462. The zero-order chi connectivity index (χ0) is 14.4. The smallest absolute Gasteiger partial charge is 0.292 e. The second kappa shape index (κ2) is 6.81. The van der Waals surface area contributed by atoms with Crippen LogP contribution in [0.2, 0.25) is 0 Å². The lowest BCUT2D eigenvalue weighted by molar-refractivity contribution is -0.383. The Kier molecular flexibility index (Phi) is 5.40. The fourth-order valence-electron chi connectivity index (χ4n) is 1.69. The molecule has 2 N–H and O–H groups in total. The minimum atomic E-state index is -0.547. The molecule has 0 aromatic heterocycles. The summed E-state index contributed by atoms with van der Waals surface area (Å²) in [5.41, 5.74) is 0.0250. The van der Waals surface area contributed by atoms with E-state index < -0.39 is 11.0 Å². The summed E-state index contributed by atoms with van der Waals surface area (Å²) in [6, 6.07) is 5.95. The van der Waals surface area contributed by atoms with E-state index in [4.69, 9.17) is 0 Å². The molecule has 1 aromatic rings. The average molecular weight is 267 g/mol. The van der Waals surface area contributed by atoms with E-state index in [1.165, 1.54) is 18.2 Å². The van der Waals surface area contributed by atoms with Gasteiger partial charge in [-0.15, -0.1) is 0 Å². The zero-order valence-corrected chi connectivity index (χ0v) is 10.9. The van der Waals surface area contributed by atoms with Crippen molar-refractivity contribution in [1.29, 1.82) is 0 Å². The van der Waals surface area contributed by atoms with Crippen LogP contribution < -0.4 is 5.32 Å². The van der Waals surface area contributed by atoms with Gasteiger partial charge in [0.1, 0.15) is 5.69 Å². The highest BCUT2D eigenvalue weighted by Crippen LogP contribution is 2.22. The highest BCUT2D eigenvalue weighted by atomic mass is 16.6. The number of carbonyl (C=O) groups is 1. The molecule has 0 heterocycles.